The third kappa shape index (κ3) is 3.23. The molecule has 0 saturated carbocycles. The van der Waals surface area contributed by atoms with E-state index in [0.717, 1.165) is 25.9 Å². The van der Waals surface area contributed by atoms with Gasteiger partial charge in [0.2, 0.25) is 0 Å². The molecule has 1 aliphatic heterocycles. The number of aromatic carboxylic acids is 1. The van der Waals surface area contributed by atoms with Gasteiger partial charge in [-0.15, -0.1) is 0 Å². The van der Waals surface area contributed by atoms with Crippen LogP contribution in [0.15, 0.2) is 18.2 Å². The topological polar surface area (TPSA) is 49.8 Å². The van der Waals surface area contributed by atoms with Gasteiger partial charge in [0.15, 0.2) is 0 Å². The van der Waals surface area contributed by atoms with Gasteiger partial charge < -0.3 is 14.7 Å². The Morgan fingerprint density at radius 3 is 2.95 bits per heavy atom. The van der Waals surface area contributed by atoms with Gasteiger partial charge in [-0.2, -0.15) is 0 Å². The molecule has 1 aromatic rings. The van der Waals surface area contributed by atoms with Gasteiger partial charge in [0.1, 0.15) is 5.82 Å². The number of benzene rings is 1. The zero-order chi connectivity index (χ0) is 13.8. The van der Waals surface area contributed by atoms with Crippen LogP contribution in [-0.2, 0) is 4.74 Å². The molecule has 2 rings (SSSR count). The van der Waals surface area contributed by atoms with E-state index in [4.69, 9.17) is 9.84 Å². The van der Waals surface area contributed by atoms with Crippen molar-refractivity contribution < 1.29 is 19.0 Å². The van der Waals surface area contributed by atoms with E-state index in [0.29, 0.717) is 6.54 Å². The Labute approximate surface area is 111 Å². The summed E-state index contributed by atoms with van der Waals surface area (Å²) in [6.45, 7) is 1.22. The molecule has 1 aliphatic rings. The van der Waals surface area contributed by atoms with Crippen molar-refractivity contribution in [1.29, 1.82) is 0 Å². The Hall–Kier alpha value is -1.62. The van der Waals surface area contributed by atoms with Gasteiger partial charge in [-0.3, -0.25) is 0 Å². The van der Waals surface area contributed by atoms with Crippen LogP contribution in [0.5, 0.6) is 0 Å². The predicted molar refractivity (Wildman–Crippen MR) is 70.2 cm³/mol. The van der Waals surface area contributed by atoms with Crippen molar-refractivity contribution in [2.75, 3.05) is 25.1 Å². The fourth-order valence-electron chi connectivity index (χ4n) is 2.42. The number of nitrogens with zero attached hydrogens (tertiary/aromatic N) is 1. The molecule has 1 aromatic carbocycles. The first-order valence-corrected chi connectivity index (χ1v) is 6.44. The molecule has 0 radical (unpaired) electrons. The average Bonchev–Trinajstić information content (AvgIpc) is 2.39. The molecular weight excluding hydrogens is 249 g/mol. The van der Waals surface area contributed by atoms with Crippen molar-refractivity contribution >= 4 is 11.7 Å². The van der Waals surface area contributed by atoms with Crippen LogP contribution in [0.1, 0.15) is 29.6 Å². The molecule has 5 heteroatoms. The van der Waals surface area contributed by atoms with Crippen LogP contribution in [0, 0.1) is 5.82 Å². The number of carboxylic acid groups (broad SMARTS) is 1. The molecule has 19 heavy (non-hydrogen) atoms. The van der Waals surface area contributed by atoms with E-state index in [9.17, 15) is 9.18 Å². The molecule has 4 nitrogen and oxygen atoms in total. The quantitative estimate of drug-likeness (QED) is 0.910. The van der Waals surface area contributed by atoms with E-state index in [1.54, 1.807) is 11.9 Å². The Morgan fingerprint density at radius 1 is 1.53 bits per heavy atom. The summed E-state index contributed by atoms with van der Waals surface area (Å²) in [6, 6.07) is 4.10. The van der Waals surface area contributed by atoms with Gasteiger partial charge >= 0.3 is 5.97 Å². The van der Waals surface area contributed by atoms with Crippen molar-refractivity contribution in [2.45, 2.75) is 25.4 Å². The lowest BCUT2D eigenvalue weighted by atomic mass is 10.1. The summed E-state index contributed by atoms with van der Waals surface area (Å²) >= 11 is 0. The Kier molecular flexibility index (Phi) is 4.37. The fourth-order valence-corrected chi connectivity index (χ4v) is 2.42. The standard InChI is InChI=1S/C14H18FNO3/c1-16(9-10-5-2-3-8-19-10)13-11(14(17)18)6-4-7-12(13)15/h4,6-7,10H,2-3,5,8-9H2,1H3,(H,17,18). The summed E-state index contributed by atoms with van der Waals surface area (Å²) in [6.07, 6.45) is 3.13. The number of rotatable bonds is 4. The van der Waals surface area contributed by atoms with Crippen LogP contribution in [-0.4, -0.2) is 37.4 Å². The van der Waals surface area contributed by atoms with Crippen molar-refractivity contribution in [3.63, 3.8) is 0 Å². The smallest absolute Gasteiger partial charge is 0.337 e. The first kappa shape index (κ1) is 13.8. The number of carbonyl (C=O) groups is 1. The molecule has 104 valence electrons. The van der Waals surface area contributed by atoms with Crippen molar-refractivity contribution in [3.8, 4) is 0 Å². The second-order valence-corrected chi connectivity index (χ2v) is 4.81. The number of carboxylic acids is 1. The highest BCUT2D eigenvalue weighted by molar-refractivity contribution is 5.94. The maximum absolute atomic E-state index is 13.9. The first-order valence-electron chi connectivity index (χ1n) is 6.44. The first-order chi connectivity index (χ1) is 9.09. The van der Waals surface area contributed by atoms with E-state index in [1.807, 2.05) is 0 Å². The molecule has 0 aromatic heterocycles. The highest BCUT2D eigenvalue weighted by Gasteiger charge is 2.21. The van der Waals surface area contributed by atoms with Crippen LogP contribution in [0.2, 0.25) is 0 Å². The molecule has 0 amide bonds. The lowest BCUT2D eigenvalue weighted by Crippen LogP contribution is -2.34. The fraction of sp³-hybridized carbons (Fsp3) is 0.500. The van der Waals surface area contributed by atoms with Gasteiger partial charge in [-0.25, -0.2) is 9.18 Å². The highest BCUT2D eigenvalue weighted by Crippen LogP contribution is 2.25. The molecule has 1 N–H and O–H groups in total. The average molecular weight is 267 g/mol. The van der Waals surface area contributed by atoms with Crippen molar-refractivity contribution in [2.24, 2.45) is 0 Å². The predicted octanol–water partition coefficient (Wildman–Crippen LogP) is 2.53. The van der Waals surface area contributed by atoms with E-state index in [1.165, 1.54) is 18.2 Å². The molecular formula is C14H18FNO3. The van der Waals surface area contributed by atoms with E-state index < -0.39 is 11.8 Å². The number of halogens is 1. The van der Waals surface area contributed by atoms with Crippen LogP contribution in [0.25, 0.3) is 0 Å². The molecule has 1 saturated heterocycles. The summed E-state index contributed by atoms with van der Waals surface area (Å²) in [4.78, 5) is 12.8. The van der Waals surface area contributed by atoms with E-state index >= 15 is 0 Å². The van der Waals surface area contributed by atoms with Gasteiger partial charge in [-0.1, -0.05) is 6.07 Å². The van der Waals surface area contributed by atoms with Crippen LogP contribution in [0.3, 0.4) is 0 Å². The lowest BCUT2D eigenvalue weighted by Gasteiger charge is -2.29. The third-order valence-corrected chi connectivity index (χ3v) is 3.35. The Balaban J connectivity index is 2.17. The maximum atomic E-state index is 13.9. The Morgan fingerprint density at radius 2 is 2.32 bits per heavy atom. The van der Waals surface area contributed by atoms with Crippen molar-refractivity contribution in [3.05, 3.63) is 29.6 Å². The molecule has 1 heterocycles. The minimum atomic E-state index is -1.12. The summed E-state index contributed by atoms with van der Waals surface area (Å²) in [5, 5.41) is 9.12. The number of anilines is 1. The van der Waals surface area contributed by atoms with Crippen molar-refractivity contribution in [1.82, 2.24) is 0 Å². The highest BCUT2D eigenvalue weighted by atomic mass is 19.1. The minimum absolute atomic E-state index is 0.0155. The zero-order valence-electron chi connectivity index (χ0n) is 10.9. The van der Waals surface area contributed by atoms with E-state index in [-0.39, 0.29) is 17.4 Å². The SMILES string of the molecule is CN(CC1CCCCO1)c1c(F)cccc1C(=O)O. The molecule has 1 fully saturated rings. The lowest BCUT2D eigenvalue weighted by molar-refractivity contribution is 0.0215. The second kappa shape index (κ2) is 6.02. The van der Waals surface area contributed by atoms with Crippen LogP contribution < -0.4 is 4.90 Å². The van der Waals surface area contributed by atoms with Gasteiger partial charge in [0, 0.05) is 20.2 Å². The summed E-state index contributed by atoms with van der Waals surface area (Å²) in [5.41, 5.74) is 0.113. The number of ether oxygens (including phenoxy) is 1. The number of para-hydroxylation sites is 1. The van der Waals surface area contributed by atoms with E-state index in [2.05, 4.69) is 0 Å². The molecule has 0 bridgehead atoms. The number of hydrogen-bond donors (Lipinski definition) is 1. The summed E-state index contributed by atoms with van der Waals surface area (Å²) in [7, 11) is 1.70. The maximum Gasteiger partial charge on any atom is 0.337 e. The zero-order valence-corrected chi connectivity index (χ0v) is 10.9. The Bertz CT molecular complexity index is 458. The van der Waals surface area contributed by atoms with Gasteiger partial charge in [0.05, 0.1) is 17.4 Å². The summed E-state index contributed by atoms with van der Waals surface area (Å²) in [5.74, 6) is -1.64. The molecule has 1 unspecified atom stereocenters. The minimum Gasteiger partial charge on any atom is -0.478 e. The van der Waals surface area contributed by atoms with Gasteiger partial charge in [0.25, 0.3) is 0 Å². The molecule has 1 atom stereocenters. The second-order valence-electron chi connectivity index (χ2n) is 4.81. The van der Waals surface area contributed by atoms with Crippen LogP contribution in [0.4, 0.5) is 10.1 Å². The normalized spacial score (nSPS) is 19.2. The molecule has 0 spiro atoms. The largest absolute Gasteiger partial charge is 0.478 e. The monoisotopic (exact) mass is 267 g/mol. The third-order valence-electron chi connectivity index (χ3n) is 3.35. The molecule has 0 aliphatic carbocycles. The van der Waals surface area contributed by atoms with Crippen LogP contribution >= 0.6 is 0 Å². The number of hydrogen-bond acceptors (Lipinski definition) is 3. The number of likely N-dealkylation sites (N-methyl/N-ethyl adjacent to an activating group) is 1. The summed E-state index contributed by atoms with van der Waals surface area (Å²) < 4.78 is 19.5. The van der Waals surface area contributed by atoms with Gasteiger partial charge in [-0.05, 0) is 31.4 Å².